The van der Waals surface area contributed by atoms with E-state index in [0.29, 0.717) is 27.2 Å². The lowest BCUT2D eigenvalue weighted by atomic mass is 10.2. The van der Waals surface area contributed by atoms with Crippen molar-refractivity contribution in [2.24, 2.45) is 0 Å². The summed E-state index contributed by atoms with van der Waals surface area (Å²) in [5, 5.41) is 1.14. The van der Waals surface area contributed by atoms with Gasteiger partial charge in [-0.25, -0.2) is 14.2 Å². The molecule has 0 aliphatic rings. The second kappa shape index (κ2) is 11.2. The molecule has 0 saturated heterocycles. The number of thioether (sulfide) groups is 1. The SMILES string of the molecule is COC(=O)/C=C/c1nc(CSc2c(Cl)cccc2Cl)ccc1OCc1ccc(F)cc1. The summed E-state index contributed by atoms with van der Waals surface area (Å²) >= 11 is 13.9. The summed E-state index contributed by atoms with van der Waals surface area (Å²) in [6.45, 7) is 0.227. The van der Waals surface area contributed by atoms with Crippen LogP contribution in [0.4, 0.5) is 4.39 Å². The first kappa shape index (κ1) is 23.1. The zero-order chi connectivity index (χ0) is 22.2. The van der Waals surface area contributed by atoms with Gasteiger partial charge >= 0.3 is 5.97 Å². The van der Waals surface area contributed by atoms with Gasteiger partial charge in [0.05, 0.1) is 22.8 Å². The summed E-state index contributed by atoms with van der Waals surface area (Å²) < 4.78 is 23.6. The molecule has 0 saturated carbocycles. The average Bonchev–Trinajstić information content (AvgIpc) is 2.77. The van der Waals surface area contributed by atoms with E-state index in [0.717, 1.165) is 16.2 Å². The second-order valence-corrected chi connectivity index (χ2v) is 8.10. The molecule has 8 heteroatoms. The molecule has 1 aromatic heterocycles. The zero-order valence-corrected chi connectivity index (χ0v) is 18.8. The predicted octanol–water partition coefficient (Wildman–Crippen LogP) is 6.59. The van der Waals surface area contributed by atoms with Gasteiger partial charge in [-0.15, -0.1) is 11.8 Å². The highest BCUT2D eigenvalue weighted by Gasteiger charge is 2.10. The zero-order valence-electron chi connectivity index (χ0n) is 16.5. The van der Waals surface area contributed by atoms with E-state index in [-0.39, 0.29) is 12.4 Å². The minimum atomic E-state index is -0.506. The third kappa shape index (κ3) is 6.72. The molecule has 0 amide bonds. The quantitative estimate of drug-likeness (QED) is 0.208. The van der Waals surface area contributed by atoms with Gasteiger partial charge in [0.2, 0.25) is 0 Å². The first-order valence-corrected chi connectivity index (χ1v) is 10.9. The molecule has 0 N–H and O–H groups in total. The molecular weight excluding hydrogens is 460 g/mol. The Hall–Kier alpha value is -2.54. The topological polar surface area (TPSA) is 48.4 Å². The number of carbonyl (C=O) groups excluding carboxylic acids is 1. The molecule has 0 spiro atoms. The highest BCUT2D eigenvalue weighted by molar-refractivity contribution is 7.98. The standard InChI is InChI=1S/C23H18Cl2FNO3S/c1-29-22(28)12-10-20-21(30-13-15-5-7-16(26)8-6-15)11-9-17(27-20)14-31-23-18(24)3-2-4-19(23)25/h2-12H,13-14H2,1H3/b12-10+. The van der Waals surface area contributed by atoms with Gasteiger partial charge in [0, 0.05) is 16.7 Å². The Kier molecular flexibility index (Phi) is 8.35. The molecule has 31 heavy (non-hydrogen) atoms. The normalized spacial score (nSPS) is 11.0. The third-order valence-electron chi connectivity index (χ3n) is 4.11. The Morgan fingerprint density at radius 3 is 2.48 bits per heavy atom. The second-order valence-electron chi connectivity index (χ2n) is 6.30. The first-order chi connectivity index (χ1) is 15.0. The van der Waals surface area contributed by atoms with E-state index < -0.39 is 5.97 Å². The number of hydrogen-bond acceptors (Lipinski definition) is 5. The van der Waals surface area contributed by atoms with E-state index in [4.69, 9.17) is 27.9 Å². The third-order valence-corrected chi connectivity index (χ3v) is 6.14. The predicted molar refractivity (Wildman–Crippen MR) is 122 cm³/mol. The van der Waals surface area contributed by atoms with Crippen LogP contribution in [0.25, 0.3) is 6.08 Å². The molecule has 0 radical (unpaired) electrons. The number of rotatable bonds is 8. The van der Waals surface area contributed by atoms with Crippen LogP contribution in [0.5, 0.6) is 5.75 Å². The molecule has 160 valence electrons. The highest BCUT2D eigenvalue weighted by atomic mass is 35.5. The summed E-state index contributed by atoms with van der Waals surface area (Å²) in [7, 11) is 1.30. The van der Waals surface area contributed by atoms with Crippen molar-refractivity contribution in [3.63, 3.8) is 0 Å². The number of benzene rings is 2. The molecule has 4 nitrogen and oxygen atoms in total. The molecule has 0 aliphatic heterocycles. The van der Waals surface area contributed by atoms with Crippen molar-refractivity contribution >= 4 is 47.0 Å². The van der Waals surface area contributed by atoms with Crippen LogP contribution in [-0.2, 0) is 21.9 Å². The summed E-state index contributed by atoms with van der Waals surface area (Å²) in [5.41, 5.74) is 2.02. The van der Waals surface area contributed by atoms with E-state index in [9.17, 15) is 9.18 Å². The lowest BCUT2D eigenvalue weighted by Crippen LogP contribution is -2.01. The summed E-state index contributed by atoms with van der Waals surface area (Å²) in [6.07, 6.45) is 2.80. The van der Waals surface area contributed by atoms with E-state index in [2.05, 4.69) is 9.72 Å². The Morgan fingerprint density at radius 2 is 1.81 bits per heavy atom. The summed E-state index contributed by atoms with van der Waals surface area (Å²) in [4.78, 5) is 16.9. The van der Waals surface area contributed by atoms with E-state index in [1.54, 1.807) is 36.4 Å². The molecular formula is C23H18Cl2FNO3S. The molecule has 0 fully saturated rings. The van der Waals surface area contributed by atoms with Crippen molar-refractivity contribution in [2.45, 2.75) is 17.3 Å². The fraction of sp³-hybridized carbons (Fsp3) is 0.130. The maximum absolute atomic E-state index is 13.1. The molecule has 1 heterocycles. The van der Waals surface area contributed by atoms with Crippen molar-refractivity contribution < 1.29 is 18.7 Å². The minimum Gasteiger partial charge on any atom is -0.487 e. The van der Waals surface area contributed by atoms with Crippen LogP contribution in [0, 0.1) is 5.82 Å². The summed E-state index contributed by atoms with van der Waals surface area (Å²) in [5.74, 6) is 0.177. The maximum atomic E-state index is 13.1. The number of esters is 1. The van der Waals surface area contributed by atoms with E-state index in [1.165, 1.54) is 43.2 Å². The molecule has 3 aromatic rings. The fourth-order valence-corrected chi connectivity index (χ4v) is 4.14. The fourth-order valence-electron chi connectivity index (χ4n) is 2.55. The van der Waals surface area contributed by atoms with Gasteiger partial charge in [-0.1, -0.05) is 41.4 Å². The Balaban J connectivity index is 1.79. The minimum absolute atomic E-state index is 0.227. The number of halogens is 3. The smallest absolute Gasteiger partial charge is 0.330 e. The number of hydrogen-bond donors (Lipinski definition) is 0. The Morgan fingerprint density at radius 1 is 1.10 bits per heavy atom. The van der Waals surface area contributed by atoms with Gasteiger partial charge in [-0.05, 0) is 48.0 Å². The number of aromatic nitrogens is 1. The van der Waals surface area contributed by atoms with Gasteiger partial charge in [-0.2, -0.15) is 0 Å². The van der Waals surface area contributed by atoms with E-state index in [1.807, 2.05) is 6.07 Å². The molecule has 3 rings (SSSR count). The van der Waals surface area contributed by atoms with Crippen LogP contribution in [0.3, 0.4) is 0 Å². The Labute approximate surface area is 194 Å². The van der Waals surface area contributed by atoms with Gasteiger partial charge in [0.1, 0.15) is 23.9 Å². The molecule has 0 bridgehead atoms. The van der Waals surface area contributed by atoms with E-state index >= 15 is 0 Å². The van der Waals surface area contributed by atoms with Crippen LogP contribution in [0.15, 0.2) is 65.6 Å². The number of nitrogens with zero attached hydrogens (tertiary/aromatic N) is 1. The average molecular weight is 478 g/mol. The molecule has 2 aromatic carbocycles. The molecule has 0 atom stereocenters. The number of carbonyl (C=O) groups is 1. The van der Waals surface area contributed by atoms with Gasteiger partial charge in [0.15, 0.2) is 0 Å². The van der Waals surface area contributed by atoms with Crippen molar-refractivity contribution in [1.82, 2.24) is 4.98 Å². The lowest BCUT2D eigenvalue weighted by Gasteiger charge is -2.11. The number of pyridine rings is 1. The highest BCUT2D eigenvalue weighted by Crippen LogP contribution is 2.35. The molecule has 0 unspecified atom stereocenters. The van der Waals surface area contributed by atoms with Crippen molar-refractivity contribution in [3.8, 4) is 5.75 Å². The van der Waals surface area contributed by atoms with Crippen molar-refractivity contribution in [2.75, 3.05) is 7.11 Å². The Bertz CT molecular complexity index is 1070. The van der Waals surface area contributed by atoms with Gasteiger partial charge in [0.25, 0.3) is 0 Å². The van der Waals surface area contributed by atoms with Crippen LogP contribution in [0.2, 0.25) is 10.0 Å². The van der Waals surface area contributed by atoms with Gasteiger partial charge in [-0.3, -0.25) is 0 Å². The number of ether oxygens (including phenoxy) is 2. The van der Waals surface area contributed by atoms with Crippen molar-refractivity contribution in [3.05, 3.63) is 93.5 Å². The van der Waals surface area contributed by atoms with Crippen LogP contribution in [0.1, 0.15) is 17.0 Å². The summed E-state index contributed by atoms with van der Waals surface area (Å²) in [6, 6.07) is 15.0. The van der Waals surface area contributed by atoms with Crippen molar-refractivity contribution in [1.29, 1.82) is 0 Å². The monoisotopic (exact) mass is 477 g/mol. The van der Waals surface area contributed by atoms with Crippen LogP contribution < -0.4 is 4.74 Å². The largest absolute Gasteiger partial charge is 0.487 e. The number of methoxy groups -OCH3 is 1. The lowest BCUT2D eigenvalue weighted by molar-refractivity contribution is -0.134. The van der Waals surface area contributed by atoms with Crippen LogP contribution >= 0.6 is 35.0 Å². The first-order valence-electron chi connectivity index (χ1n) is 9.16. The molecule has 0 aliphatic carbocycles. The van der Waals surface area contributed by atoms with Gasteiger partial charge < -0.3 is 9.47 Å². The maximum Gasteiger partial charge on any atom is 0.330 e. The van der Waals surface area contributed by atoms with Crippen LogP contribution in [-0.4, -0.2) is 18.1 Å².